The Hall–Kier alpha value is -1.91. The fourth-order valence-corrected chi connectivity index (χ4v) is 4.45. The average molecular weight is 384 g/mol. The van der Waals surface area contributed by atoms with E-state index >= 15 is 0 Å². The van der Waals surface area contributed by atoms with E-state index in [2.05, 4.69) is 50.9 Å². The summed E-state index contributed by atoms with van der Waals surface area (Å²) >= 11 is 5.20. The first-order chi connectivity index (χ1) is 11.2. The van der Waals surface area contributed by atoms with E-state index in [1.165, 1.54) is 10.4 Å². The van der Waals surface area contributed by atoms with E-state index in [1.54, 1.807) is 11.3 Å². The molecule has 114 valence electrons. The van der Waals surface area contributed by atoms with E-state index in [0.29, 0.717) is 6.42 Å². The molecule has 2 aromatic carbocycles. The van der Waals surface area contributed by atoms with E-state index in [0.717, 1.165) is 21.3 Å². The van der Waals surface area contributed by atoms with Crippen LogP contribution in [-0.2, 0) is 4.79 Å². The van der Waals surface area contributed by atoms with Gasteiger partial charge in [0.15, 0.2) is 0 Å². The number of hydrogen-bond donors (Lipinski definition) is 1. The monoisotopic (exact) mass is 383 g/mol. The largest absolute Gasteiger partial charge is 0.325 e. The van der Waals surface area contributed by atoms with Crippen molar-refractivity contribution in [2.24, 2.45) is 0 Å². The molecule has 0 saturated heterocycles. The first-order valence-electron chi connectivity index (χ1n) is 7.44. The molecule has 0 radical (unpaired) electrons. The third kappa shape index (κ3) is 2.73. The SMILES string of the molecule is O=C1CC(c2ccc(Br)cc2)c2scc(-c3ccccc3)c2N1. The second-order valence-corrected chi connectivity index (χ2v) is 7.44. The summed E-state index contributed by atoms with van der Waals surface area (Å²) in [6, 6.07) is 18.5. The summed E-state index contributed by atoms with van der Waals surface area (Å²) in [5.74, 6) is 0.218. The number of amides is 1. The molecule has 0 spiro atoms. The predicted octanol–water partition coefficient (Wildman–Crippen LogP) is 5.65. The summed E-state index contributed by atoms with van der Waals surface area (Å²) < 4.78 is 1.05. The molecule has 1 aromatic heterocycles. The Balaban J connectivity index is 1.81. The minimum atomic E-state index is 0.0843. The van der Waals surface area contributed by atoms with Gasteiger partial charge < -0.3 is 5.32 Å². The van der Waals surface area contributed by atoms with Crippen molar-refractivity contribution in [1.29, 1.82) is 0 Å². The highest BCUT2D eigenvalue weighted by molar-refractivity contribution is 9.10. The number of hydrogen-bond acceptors (Lipinski definition) is 2. The van der Waals surface area contributed by atoms with Crippen molar-refractivity contribution < 1.29 is 4.79 Å². The highest BCUT2D eigenvalue weighted by atomic mass is 79.9. The average Bonchev–Trinajstić information content (AvgIpc) is 2.99. The Labute approximate surface area is 147 Å². The van der Waals surface area contributed by atoms with Gasteiger partial charge in [0.05, 0.1) is 5.69 Å². The van der Waals surface area contributed by atoms with Crippen LogP contribution in [0.4, 0.5) is 5.69 Å². The number of benzene rings is 2. The smallest absolute Gasteiger partial charge is 0.225 e. The molecule has 2 nitrogen and oxygen atoms in total. The molecule has 1 atom stereocenters. The summed E-state index contributed by atoms with van der Waals surface area (Å²) in [6.45, 7) is 0. The molecule has 23 heavy (non-hydrogen) atoms. The zero-order chi connectivity index (χ0) is 15.8. The second kappa shape index (κ2) is 5.95. The van der Waals surface area contributed by atoms with Gasteiger partial charge in [-0.15, -0.1) is 11.3 Å². The topological polar surface area (TPSA) is 29.1 Å². The van der Waals surface area contributed by atoms with Gasteiger partial charge in [-0.05, 0) is 23.3 Å². The Morgan fingerprint density at radius 1 is 1.04 bits per heavy atom. The molecule has 3 aromatic rings. The standard InChI is InChI=1S/C19H14BrNOS/c20-14-8-6-13(7-9-14)15-10-17(22)21-18-16(11-23-19(15)18)12-4-2-1-3-5-12/h1-9,11,15H,10H2,(H,21,22). The molecule has 4 rings (SSSR count). The van der Waals surface area contributed by atoms with Crippen LogP contribution in [0.15, 0.2) is 64.5 Å². The zero-order valence-corrected chi connectivity index (χ0v) is 14.7. The van der Waals surface area contributed by atoms with Gasteiger partial charge in [-0.1, -0.05) is 58.4 Å². The third-order valence-electron chi connectivity index (χ3n) is 4.15. The van der Waals surface area contributed by atoms with E-state index in [1.807, 2.05) is 30.3 Å². The van der Waals surface area contributed by atoms with Gasteiger partial charge >= 0.3 is 0 Å². The molecule has 1 amide bonds. The van der Waals surface area contributed by atoms with Gasteiger partial charge in [0, 0.05) is 32.6 Å². The molecular weight excluding hydrogens is 370 g/mol. The second-order valence-electron chi connectivity index (χ2n) is 5.61. The van der Waals surface area contributed by atoms with Crippen LogP contribution in [0.3, 0.4) is 0 Å². The first-order valence-corrected chi connectivity index (χ1v) is 9.12. The van der Waals surface area contributed by atoms with Crippen molar-refractivity contribution in [2.45, 2.75) is 12.3 Å². The molecule has 0 saturated carbocycles. The van der Waals surface area contributed by atoms with Gasteiger partial charge in [-0.2, -0.15) is 0 Å². The summed E-state index contributed by atoms with van der Waals surface area (Å²) in [5, 5.41) is 5.23. The Kier molecular flexibility index (Phi) is 3.79. The van der Waals surface area contributed by atoms with Crippen LogP contribution < -0.4 is 5.32 Å². The van der Waals surface area contributed by atoms with E-state index < -0.39 is 0 Å². The van der Waals surface area contributed by atoms with E-state index in [-0.39, 0.29) is 11.8 Å². The summed E-state index contributed by atoms with van der Waals surface area (Å²) in [6.07, 6.45) is 0.503. The number of nitrogens with one attached hydrogen (secondary N) is 1. The number of thiophene rings is 1. The number of halogens is 1. The lowest BCUT2D eigenvalue weighted by Gasteiger charge is -2.24. The molecule has 4 heteroatoms. The van der Waals surface area contributed by atoms with Gasteiger partial charge in [-0.25, -0.2) is 0 Å². The molecule has 1 unspecified atom stereocenters. The van der Waals surface area contributed by atoms with Crippen LogP contribution in [0, 0.1) is 0 Å². The van der Waals surface area contributed by atoms with Gasteiger partial charge in [0.2, 0.25) is 5.91 Å². The van der Waals surface area contributed by atoms with Gasteiger partial charge in [-0.3, -0.25) is 4.79 Å². The van der Waals surface area contributed by atoms with Crippen LogP contribution in [-0.4, -0.2) is 5.91 Å². The minimum absolute atomic E-state index is 0.0843. The van der Waals surface area contributed by atoms with Crippen LogP contribution in [0.25, 0.3) is 11.1 Å². The number of carbonyl (C=O) groups excluding carboxylic acids is 1. The number of fused-ring (bicyclic) bond motifs is 1. The molecule has 1 N–H and O–H groups in total. The van der Waals surface area contributed by atoms with Crippen molar-refractivity contribution in [3.8, 4) is 11.1 Å². The van der Waals surface area contributed by atoms with Crippen LogP contribution in [0.2, 0.25) is 0 Å². The summed E-state index contributed by atoms with van der Waals surface area (Å²) in [4.78, 5) is 13.5. The highest BCUT2D eigenvalue weighted by Gasteiger charge is 2.30. The molecule has 0 aliphatic carbocycles. The fourth-order valence-electron chi connectivity index (χ4n) is 3.02. The van der Waals surface area contributed by atoms with Crippen molar-refractivity contribution >= 4 is 38.9 Å². The van der Waals surface area contributed by atoms with Crippen LogP contribution >= 0.6 is 27.3 Å². The fraction of sp³-hybridized carbons (Fsp3) is 0.105. The quantitative estimate of drug-likeness (QED) is 0.608. The van der Waals surface area contributed by atoms with Gasteiger partial charge in [0.25, 0.3) is 0 Å². The van der Waals surface area contributed by atoms with E-state index in [4.69, 9.17) is 0 Å². The Morgan fingerprint density at radius 3 is 2.52 bits per heavy atom. The molecule has 2 heterocycles. The molecule has 0 bridgehead atoms. The van der Waals surface area contributed by atoms with Crippen molar-refractivity contribution in [2.75, 3.05) is 5.32 Å². The summed E-state index contributed by atoms with van der Waals surface area (Å²) in [7, 11) is 0. The molecule has 1 aliphatic heterocycles. The normalized spacial score (nSPS) is 16.7. The summed E-state index contributed by atoms with van der Waals surface area (Å²) in [5.41, 5.74) is 4.42. The molecule has 0 fully saturated rings. The molecular formula is C19H14BrNOS. The van der Waals surface area contributed by atoms with E-state index in [9.17, 15) is 4.79 Å². The maximum Gasteiger partial charge on any atom is 0.225 e. The van der Waals surface area contributed by atoms with Crippen molar-refractivity contribution in [3.05, 3.63) is 74.9 Å². The Morgan fingerprint density at radius 2 is 1.78 bits per heavy atom. The van der Waals surface area contributed by atoms with Crippen molar-refractivity contribution in [1.82, 2.24) is 0 Å². The van der Waals surface area contributed by atoms with Crippen LogP contribution in [0.1, 0.15) is 22.8 Å². The van der Waals surface area contributed by atoms with Crippen molar-refractivity contribution in [3.63, 3.8) is 0 Å². The lowest BCUT2D eigenvalue weighted by Crippen LogP contribution is -2.22. The first kappa shape index (κ1) is 14.7. The number of rotatable bonds is 2. The number of anilines is 1. The maximum atomic E-state index is 12.2. The van der Waals surface area contributed by atoms with Gasteiger partial charge in [0.1, 0.15) is 0 Å². The lowest BCUT2D eigenvalue weighted by atomic mass is 9.89. The lowest BCUT2D eigenvalue weighted by molar-refractivity contribution is -0.116. The van der Waals surface area contributed by atoms with Crippen LogP contribution in [0.5, 0.6) is 0 Å². The Bertz CT molecular complexity index is 855. The minimum Gasteiger partial charge on any atom is -0.325 e. The highest BCUT2D eigenvalue weighted by Crippen LogP contribution is 2.46. The number of carbonyl (C=O) groups is 1. The predicted molar refractivity (Wildman–Crippen MR) is 99.0 cm³/mol. The maximum absolute atomic E-state index is 12.2. The molecule has 1 aliphatic rings. The third-order valence-corrected chi connectivity index (χ3v) is 5.77. The zero-order valence-electron chi connectivity index (χ0n) is 12.3.